The van der Waals surface area contributed by atoms with E-state index in [0.29, 0.717) is 11.3 Å². The third-order valence-electron chi connectivity index (χ3n) is 4.68. The monoisotopic (exact) mass is 353 g/mol. The second kappa shape index (κ2) is 6.48. The van der Waals surface area contributed by atoms with E-state index in [2.05, 4.69) is 5.32 Å². The molecule has 1 aromatic carbocycles. The van der Waals surface area contributed by atoms with E-state index in [4.69, 9.17) is 4.42 Å². The van der Waals surface area contributed by atoms with E-state index in [-0.39, 0.29) is 11.5 Å². The van der Waals surface area contributed by atoms with E-state index in [9.17, 15) is 9.59 Å². The maximum Gasteiger partial charge on any atom is 0.336 e. The molecule has 4 nitrogen and oxygen atoms in total. The number of benzene rings is 1. The first-order chi connectivity index (χ1) is 12.1. The molecule has 0 spiro atoms. The fourth-order valence-corrected chi connectivity index (χ4v) is 4.52. The van der Waals surface area contributed by atoms with Crippen LogP contribution in [0.5, 0.6) is 0 Å². The summed E-state index contributed by atoms with van der Waals surface area (Å²) in [4.78, 5) is 26.2. The van der Waals surface area contributed by atoms with Gasteiger partial charge < -0.3 is 9.73 Å². The Hall–Kier alpha value is -2.40. The average molecular weight is 353 g/mol. The molecule has 0 bridgehead atoms. The van der Waals surface area contributed by atoms with Gasteiger partial charge in [-0.25, -0.2) is 4.79 Å². The van der Waals surface area contributed by atoms with Crippen LogP contribution in [-0.4, -0.2) is 5.91 Å². The van der Waals surface area contributed by atoms with Gasteiger partial charge in [-0.05, 0) is 61.9 Å². The summed E-state index contributed by atoms with van der Waals surface area (Å²) < 4.78 is 5.25. The SMILES string of the molecule is Cc1cc(=O)oc2cc(NC(=O)c3cc4c(s3)CCCCC4)ccc12. The predicted molar refractivity (Wildman–Crippen MR) is 101 cm³/mol. The molecule has 0 radical (unpaired) electrons. The van der Waals surface area contributed by atoms with Crippen molar-refractivity contribution in [3.8, 4) is 0 Å². The number of rotatable bonds is 2. The molecular weight excluding hydrogens is 334 g/mol. The lowest BCUT2D eigenvalue weighted by Crippen LogP contribution is -2.10. The Balaban J connectivity index is 1.60. The lowest BCUT2D eigenvalue weighted by atomic mass is 10.1. The first-order valence-electron chi connectivity index (χ1n) is 8.57. The molecule has 0 aliphatic heterocycles. The smallest absolute Gasteiger partial charge is 0.336 e. The van der Waals surface area contributed by atoms with Crippen LogP contribution in [0.3, 0.4) is 0 Å². The van der Waals surface area contributed by atoms with Crippen molar-refractivity contribution in [2.24, 2.45) is 0 Å². The fraction of sp³-hybridized carbons (Fsp3) is 0.300. The van der Waals surface area contributed by atoms with Crippen LogP contribution < -0.4 is 10.9 Å². The summed E-state index contributed by atoms with van der Waals surface area (Å²) in [6, 6.07) is 8.92. The van der Waals surface area contributed by atoms with Gasteiger partial charge in [0.05, 0.1) is 4.88 Å². The number of nitrogens with one attached hydrogen (secondary N) is 1. The Kier molecular flexibility index (Phi) is 4.17. The number of carbonyl (C=O) groups is 1. The number of hydrogen-bond acceptors (Lipinski definition) is 4. The lowest BCUT2D eigenvalue weighted by molar-refractivity contribution is 0.103. The normalized spacial score (nSPS) is 14.1. The van der Waals surface area contributed by atoms with E-state index >= 15 is 0 Å². The maximum atomic E-state index is 12.6. The van der Waals surface area contributed by atoms with Crippen LogP contribution in [0.25, 0.3) is 11.0 Å². The number of amides is 1. The molecule has 0 atom stereocenters. The topological polar surface area (TPSA) is 59.3 Å². The van der Waals surface area contributed by atoms with Gasteiger partial charge in [0, 0.05) is 28.1 Å². The molecule has 0 saturated carbocycles. The van der Waals surface area contributed by atoms with Gasteiger partial charge in [0.1, 0.15) is 5.58 Å². The molecule has 3 aromatic rings. The molecule has 0 saturated heterocycles. The Labute approximate surface area is 149 Å². The summed E-state index contributed by atoms with van der Waals surface area (Å²) in [5.74, 6) is -0.104. The lowest BCUT2D eigenvalue weighted by Gasteiger charge is -2.06. The van der Waals surface area contributed by atoms with Crippen LogP contribution in [0.2, 0.25) is 0 Å². The maximum absolute atomic E-state index is 12.6. The molecule has 1 N–H and O–H groups in total. The van der Waals surface area contributed by atoms with Crippen molar-refractivity contribution >= 4 is 33.9 Å². The predicted octanol–water partition coefficient (Wildman–Crippen LogP) is 4.68. The molecule has 1 aliphatic rings. The van der Waals surface area contributed by atoms with Crippen LogP contribution >= 0.6 is 11.3 Å². The first kappa shape index (κ1) is 16.1. The van der Waals surface area contributed by atoms with Gasteiger partial charge in [0.15, 0.2) is 0 Å². The van der Waals surface area contributed by atoms with E-state index < -0.39 is 0 Å². The highest BCUT2D eigenvalue weighted by atomic mass is 32.1. The minimum absolute atomic E-state index is 0.104. The van der Waals surface area contributed by atoms with Crippen molar-refractivity contribution < 1.29 is 9.21 Å². The summed E-state index contributed by atoms with van der Waals surface area (Å²) in [5.41, 5.74) is 2.94. The molecule has 5 heteroatoms. The van der Waals surface area contributed by atoms with E-state index in [1.807, 2.05) is 25.1 Å². The van der Waals surface area contributed by atoms with Crippen LogP contribution in [0.1, 0.15) is 44.9 Å². The Morgan fingerprint density at radius 3 is 2.84 bits per heavy atom. The van der Waals surface area contributed by atoms with Crippen molar-refractivity contribution in [1.29, 1.82) is 0 Å². The summed E-state index contributed by atoms with van der Waals surface area (Å²) in [7, 11) is 0. The summed E-state index contributed by atoms with van der Waals surface area (Å²) in [6.45, 7) is 1.87. The summed E-state index contributed by atoms with van der Waals surface area (Å²) in [6.07, 6.45) is 5.82. The fourth-order valence-electron chi connectivity index (χ4n) is 3.37. The quantitative estimate of drug-likeness (QED) is 0.537. The molecular formula is C20H19NO3S. The first-order valence-corrected chi connectivity index (χ1v) is 9.39. The number of aryl methyl sites for hydroxylation is 3. The van der Waals surface area contributed by atoms with Crippen LogP contribution in [0, 0.1) is 6.92 Å². The zero-order valence-electron chi connectivity index (χ0n) is 14.1. The Morgan fingerprint density at radius 2 is 1.96 bits per heavy atom. The van der Waals surface area contributed by atoms with Crippen molar-refractivity contribution in [1.82, 2.24) is 0 Å². The third kappa shape index (κ3) is 3.24. The number of hydrogen-bond donors (Lipinski definition) is 1. The van der Waals surface area contributed by atoms with Gasteiger partial charge in [0.25, 0.3) is 5.91 Å². The van der Waals surface area contributed by atoms with Crippen LogP contribution in [-0.2, 0) is 12.8 Å². The van der Waals surface area contributed by atoms with Gasteiger partial charge in [-0.2, -0.15) is 0 Å². The third-order valence-corrected chi connectivity index (χ3v) is 5.92. The van der Waals surface area contributed by atoms with Gasteiger partial charge in [-0.15, -0.1) is 11.3 Å². The second-order valence-corrected chi connectivity index (χ2v) is 7.67. The molecule has 25 heavy (non-hydrogen) atoms. The van der Waals surface area contributed by atoms with Crippen molar-refractivity contribution in [3.05, 3.63) is 61.6 Å². The molecule has 128 valence electrons. The minimum Gasteiger partial charge on any atom is -0.423 e. The second-order valence-electron chi connectivity index (χ2n) is 6.53. The van der Waals surface area contributed by atoms with Crippen molar-refractivity contribution in [2.45, 2.75) is 39.0 Å². The van der Waals surface area contributed by atoms with E-state index in [1.165, 1.54) is 35.8 Å². The molecule has 2 aromatic heterocycles. The number of carbonyl (C=O) groups excluding carboxylic acids is 1. The highest BCUT2D eigenvalue weighted by Gasteiger charge is 2.17. The molecule has 2 heterocycles. The van der Waals surface area contributed by atoms with E-state index in [0.717, 1.165) is 28.7 Å². The standard InChI is InChI=1S/C20H19NO3S/c1-12-9-19(22)24-16-11-14(7-8-15(12)16)21-20(23)18-10-13-5-3-2-4-6-17(13)25-18/h7-11H,2-6H2,1H3,(H,21,23). The highest BCUT2D eigenvalue weighted by molar-refractivity contribution is 7.14. The van der Waals surface area contributed by atoms with Gasteiger partial charge in [0.2, 0.25) is 0 Å². The average Bonchev–Trinajstić information content (AvgIpc) is 2.85. The molecule has 1 aliphatic carbocycles. The number of thiophene rings is 1. The number of fused-ring (bicyclic) bond motifs is 2. The Bertz CT molecular complexity index is 992. The molecule has 0 fully saturated rings. The van der Waals surface area contributed by atoms with Crippen molar-refractivity contribution in [3.63, 3.8) is 0 Å². The molecule has 1 amide bonds. The highest BCUT2D eigenvalue weighted by Crippen LogP contribution is 2.30. The summed E-state index contributed by atoms with van der Waals surface area (Å²) in [5, 5.41) is 3.80. The Morgan fingerprint density at radius 1 is 1.12 bits per heavy atom. The van der Waals surface area contributed by atoms with Crippen molar-refractivity contribution in [2.75, 3.05) is 5.32 Å². The number of anilines is 1. The zero-order valence-corrected chi connectivity index (χ0v) is 14.9. The largest absolute Gasteiger partial charge is 0.423 e. The van der Waals surface area contributed by atoms with E-state index in [1.54, 1.807) is 17.4 Å². The zero-order chi connectivity index (χ0) is 17.4. The molecule has 4 rings (SSSR count). The minimum atomic E-state index is -0.379. The summed E-state index contributed by atoms with van der Waals surface area (Å²) >= 11 is 1.60. The van der Waals surface area contributed by atoms with Gasteiger partial charge >= 0.3 is 5.63 Å². The molecule has 0 unspecified atom stereocenters. The van der Waals surface area contributed by atoms with Crippen LogP contribution in [0.4, 0.5) is 5.69 Å². The van der Waals surface area contributed by atoms with Gasteiger partial charge in [-0.1, -0.05) is 6.42 Å². The van der Waals surface area contributed by atoms with Crippen LogP contribution in [0.15, 0.2) is 39.5 Å². The van der Waals surface area contributed by atoms with Gasteiger partial charge in [-0.3, -0.25) is 4.79 Å².